The third-order valence-electron chi connectivity index (χ3n) is 4.10. The minimum absolute atomic E-state index is 0.841. The van der Waals surface area contributed by atoms with Gasteiger partial charge in [0.15, 0.2) is 0 Å². The fraction of sp³-hybridized carbons (Fsp3) is 1.00. The van der Waals surface area contributed by atoms with Crippen molar-refractivity contribution in [1.29, 1.82) is 0 Å². The Morgan fingerprint density at radius 3 is 2.25 bits per heavy atom. The van der Waals surface area contributed by atoms with Gasteiger partial charge in [-0.15, -0.1) is 0 Å². The minimum atomic E-state index is 0.841. The Morgan fingerprint density at radius 1 is 0.938 bits per heavy atom. The average Bonchev–Trinajstić information content (AvgIpc) is 2.81. The molecule has 0 unspecified atom stereocenters. The van der Waals surface area contributed by atoms with E-state index in [1.165, 1.54) is 65.0 Å². The fourth-order valence-corrected chi connectivity index (χ4v) is 3.04. The first kappa shape index (κ1) is 12.3. The molecule has 2 fully saturated rings. The van der Waals surface area contributed by atoms with Crippen molar-refractivity contribution in [2.24, 2.45) is 11.7 Å². The molecule has 2 N–H and O–H groups in total. The minimum Gasteiger partial charge on any atom is -0.330 e. The fourth-order valence-electron chi connectivity index (χ4n) is 3.04. The Balaban J connectivity index is 1.60. The van der Waals surface area contributed by atoms with Gasteiger partial charge in [0.2, 0.25) is 0 Å². The van der Waals surface area contributed by atoms with Gasteiger partial charge in [0.1, 0.15) is 0 Å². The molecule has 0 saturated carbocycles. The van der Waals surface area contributed by atoms with Gasteiger partial charge in [-0.1, -0.05) is 0 Å². The van der Waals surface area contributed by atoms with E-state index in [9.17, 15) is 0 Å². The molecule has 2 heterocycles. The summed E-state index contributed by atoms with van der Waals surface area (Å²) in [5.41, 5.74) is 5.55. The van der Waals surface area contributed by atoms with Crippen molar-refractivity contribution in [3.63, 3.8) is 0 Å². The van der Waals surface area contributed by atoms with Gasteiger partial charge >= 0.3 is 0 Å². The molecule has 0 aliphatic carbocycles. The van der Waals surface area contributed by atoms with Crippen LogP contribution in [0.2, 0.25) is 0 Å². The maximum atomic E-state index is 5.55. The molecule has 0 radical (unpaired) electrons. The number of hydrogen-bond donors (Lipinski definition) is 1. The molecule has 0 aromatic heterocycles. The number of hydrogen-bond acceptors (Lipinski definition) is 3. The zero-order valence-corrected chi connectivity index (χ0v) is 10.5. The predicted octanol–water partition coefficient (Wildman–Crippen LogP) is 1.14. The van der Waals surface area contributed by atoms with Crippen LogP contribution < -0.4 is 5.73 Å². The van der Waals surface area contributed by atoms with E-state index in [0.717, 1.165) is 18.9 Å². The predicted molar refractivity (Wildman–Crippen MR) is 68.5 cm³/mol. The Bertz CT molecular complexity index is 182. The standard InChI is InChI=1S/C13H27N3/c14-6-3-9-15-10-4-13(5-11-15)12-16-7-1-2-8-16/h13H,1-12,14H2. The number of likely N-dealkylation sites (tertiary alicyclic amines) is 2. The summed E-state index contributed by atoms with van der Waals surface area (Å²) in [7, 11) is 0. The third-order valence-corrected chi connectivity index (χ3v) is 4.10. The van der Waals surface area contributed by atoms with Crippen LogP contribution in [-0.4, -0.2) is 55.6 Å². The molecule has 16 heavy (non-hydrogen) atoms. The molecule has 0 bridgehead atoms. The second-order valence-electron chi connectivity index (χ2n) is 5.43. The van der Waals surface area contributed by atoms with E-state index >= 15 is 0 Å². The van der Waals surface area contributed by atoms with Gasteiger partial charge in [0.25, 0.3) is 0 Å². The van der Waals surface area contributed by atoms with Crippen molar-refractivity contribution in [2.75, 3.05) is 45.8 Å². The molecule has 2 aliphatic rings. The molecular weight excluding hydrogens is 198 g/mol. The Labute approximate surface area is 100.0 Å². The Hall–Kier alpha value is -0.120. The second-order valence-corrected chi connectivity index (χ2v) is 5.43. The van der Waals surface area contributed by atoms with E-state index in [-0.39, 0.29) is 0 Å². The number of nitrogens with zero attached hydrogens (tertiary/aromatic N) is 2. The average molecular weight is 225 g/mol. The van der Waals surface area contributed by atoms with Gasteiger partial charge in [-0.25, -0.2) is 0 Å². The highest BCUT2D eigenvalue weighted by molar-refractivity contribution is 4.77. The monoisotopic (exact) mass is 225 g/mol. The summed E-state index contributed by atoms with van der Waals surface area (Å²) >= 11 is 0. The van der Waals surface area contributed by atoms with E-state index in [2.05, 4.69) is 9.80 Å². The van der Waals surface area contributed by atoms with E-state index < -0.39 is 0 Å². The SMILES string of the molecule is NCCCN1CCC(CN2CCCC2)CC1. The highest BCUT2D eigenvalue weighted by Crippen LogP contribution is 2.20. The lowest BCUT2D eigenvalue weighted by molar-refractivity contribution is 0.153. The molecule has 0 spiro atoms. The first-order valence-corrected chi connectivity index (χ1v) is 7.03. The summed E-state index contributed by atoms with van der Waals surface area (Å²) in [4.78, 5) is 5.26. The van der Waals surface area contributed by atoms with Crippen LogP contribution in [-0.2, 0) is 0 Å². The third kappa shape index (κ3) is 3.72. The molecular formula is C13H27N3. The largest absolute Gasteiger partial charge is 0.330 e. The molecule has 0 atom stereocenters. The van der Waals surface area contributed by atoms with Crippen molar-refractivity contribution in [2.45, 2.75) is 32.1 Å². The molecule has 2 rings (SSSR count). The van der Waals surface area contributed by atoms with Crippen LogP contribution in [0.4, 0.5) is 0 Å². The lowest BCUT2D eigenvalue weighted by Gasteiger charge is -2.33. The summed E-state index contributed by atoms with van der Waals surface area (Å²) < 4.78 is 0. The van der Waals surface area contributed by atoms with Crippen molar-refractivity contribution < 1.29 is 0 Å². The summed E-state index contributed by atoms with van der Waals surface area (Å²) in [6.07, 6.45) is 6.82. The van der Waals surface area contributed by atoms with Crippen LogP contribution >= 0.6 is 0 Å². The van der Waals surface area contributed by atoms with Crippen molar-refractivity contribution >= 4 is 0 Å². The van der Waals surface area contributed by atoms with Gasteiger partial charge in [0.05, 0.1) is 0 Å². The second kappa shape index (κ2) is 6.58. The zero-order chi connectivity index (χ0) is 11.2. The maximum Gasteiger partial charge on any atom is 0.00106 e. The Kier molecular flexibility index (Phi) is 5.07. The Morgan fingerprint density at radius 2 is 1.62 bits per heavy atom. The first-order valence-electron chi connectivity index (χ1n) is 7.03. The molecule has 3 nitrogen and oxygen atoms in total. The molecule has 0 aromatic rings. The number of rotatable bonds is 5. The van der Waals surface area contributed by atoms with Crippen molar-refractivity contribution in [3.05, 3.63) is 0 Å². The van der Waals surface area contributed by atoms with Gasteiger partial charge in [-0.3, -0.25) is 0 Å². The van der Waals surface area contributed by atoms with Gasteiger partial charge in [0, 0.05) is 6.54 Å². The van der Waals surface area contributed by atoms with Crippen LogP contribution in [0.15, 0.2) is 0 Å². The normalized spacial score (nSPS) is 25.3. The molecule has 3 heteroatoms. The van der Waals surface area contributed by atoms with Crippen molar-refractivity contribution in [1.82, 2.24) is 9.80 Å². The van der Waals surface area contributed by atoms with Gasteiger partial charge in [-0.05, 0) is 77.3 Å². The van der Waals surface area contributed by atoms with Crippen LogP contribution in [0.5, 0.6) is 0 Å². The van der Waals surface area contributed by atoms with Crippen LogP contribution in [0.1, 0.15) is 32.1 Å². The van der Waals surface area contributed by atoms with E-state index in [1.54, 1.807) is 0 Å². The summed E-state index contributed by atoms with van der Waals surface area (Å²) in [5, 5.41) is 0. The molecule has 94 valence electrons. The van der Waals surface area contributed by atoms with Crippen LogP contribution in [0.3, 0.4) is 0 Å². The highest BCUT2D eigenvalue weighted by Gasteiger charge is 2.22. The van der Waals surface area contributed by atoms with Crippen molar-refractivity contribution in [3.8, 4) is 0 Å². The zero-order valence-electron chi connectivity index (χ0n) is 10.5. The lowest BCUT2D eigenvalue weighted by atomic mass is 9.96. The van der Waals surface area contributed by atoms with Gasteiger partial charge < -0.3 is 15.5 Å². The lowest BCUT2D eigenvalue weighted by Crippen LogP contribution is -2.38. The van der Waals surface area contributed by atoms with E-state index in [1.807, 2.05) is 0 Å². The summed E-state index contributed by atoms with van der Waals surface area (Å²) in [5.74, 6) is 0.965. The molecule has 0 amide bonds. The van der Waals surface area contributed by atoms with Gasteiger partial charge in [-0.2, -0.15) is 0 Å². The topological polar surface area (TPSA) is 32.5 Å². The van der Waals surface area contributed by atoms with E-state index in [0.29, 0.717) is 0 Å². The van der Waals surface area contributed by atoms with E-state index in [4.69, 9.17) is 5.73 Å². The number of piperidine rings is 1. The van der Waals surface area contributed by atoms with Crippen LogP contribution in [0, 0.1) is 5.92 Å². The summed E-state index contributed by atoms with van der Waals surface area (Å²) in [6, 6.07) is 0. The molecule has 2 aliphatic heterocycles. The van der Waals surface area contributed by atoms with Crippen LogP contribution in [0.25, 0.3) is 0 Å². The number of nitrogens with two attached hydrogens (primary N) is 1. The first-order chi connectivity index (χ1) is 7.88. The maximum absolute atomic E-state index is 5.55. The smallest absolute Gasteiger partial charge is 0.00106 e. The molecule has 0 aromatic carbocycles. The molecule has 2 saturated heterocycles. The summed E-state index contributed by atoms with van der Waals surface area (Å²) in [6.45, 7) is 8.74. The highest BCUT2D eigenvalue weighted by atomic mass is 15.2. The quantitative estimate of drug-likeness (QED) is 0.761.